The third-order valence-corrected chi connectivity index (χ3v) is 3.50. The minimum atomic E-state index is 0.607. The van der Waals surface area contributed by atoms with E-state index in [-0.39, 0.29) is 0 Å². The van der Waals surface area contributed by atoms with Gasteiger partial charge in [0.2, 0.25) is 0 Å². The quantitative estimate of drug-likeness (QED) is 0.869. The van der Waals surface area contributed by atoms with Crippen molar-refractivity contribution in [1.82, 2.24) is 4.98 Å². The summed E-state index contributed by atoms with van der Waals surface area (Å²) >= 11 is 0. The Bertz CT molecular complexity index is 364. The van der Waals surface area contributed by atoms with Crippen molar-refractivity contribution >= 4 is 11.6 Å². The van der Waals surface area contributed by atoms with Crippen LogP contribution in [0.15, 0.2) is 18.2 Å². The molecular weight excluding hydrogens is 210 g/mol. The number of pyridine rings is 1. The Balaban J connectivity index is 2.16. The van der Waals surface area contributed by atoms with Crippen LogP contribution in [0.1, 0.15) is 33.6 Å². The molecule has 1 N–H and O–H groups in total. The molecule has 1 aliphatic heterocycles. The zero-order valence-corrected chi connectivity index (χ0v) is 11.1. The molecule has 1 aliphatic rings. The first kappa shape index (κ1) is 12.2. The monoisotopic (exact) mass is 233 g/mol. The number of anilines is 2. The summed E-state index contributed by atoms with van der Waals surface area (Å²) in [7, 11) is 0. The third-order valence-electron chi connectivity index (χ3n) is 3.50. The lowest BCUT2D eigenvalue weighted by Crippen LogP contribution is -2.41. The van der Waals surface area contributed by atoms with Crippen LogP contribution in [0.25, 0.3) is 0 Å². The van der Waals surface area contributed by atoms with Gasteiger partial charge in [0.15, 0.2) is 0 Å². The zero-order valence-electron chi connectivity index (χ0n) is 11.1. The van der Waals surface area contributed by atoms with Gasteiger partial charge in [0.05, 0.1) is 0 Å². The second-order valence-corrected chi connectivity index (χ2v) is 5.10. The van der Waals surface area contributed by atoms with Crippen LogP contribution in [0.4, 0.5) is 11.6 Å². The predicted molar refractivity (Wildman–Crippen MR) is 73.6 cm³/mol. The summed E-state index contributed by atoms with van der Waals surface area (Å²) in [6, 6.07) is 6.85. The van der Waals surface area contributed by atoms with E-state index in [0.29, 0.717) is 6.04 Å². The molecule has 1 aromatic rings. The van der Waals surface area contributed by atoms with Crippen molar-refractivity contribution in [2.24, 2.45) is 5.92 Å². The van der Waals surface area contributed by atoms with Gasteiger partial charge in [-0.05, 0) is 44.7 Å². The SMILES string of the molecule is CCNc1cccc(N2CC(C)CCC2C)n1. The van der Waals surface area contributed by atoms with E-state index < -0.39 is 0 Å². The Morgan fingerprint density at radius 1 is 1.35 bits per heavy atom. The fraction of sp³-hybridized carbons (Fsp3) is 0.643. The number of aromatic nitrogens is 1. The summed E-state index contributed by atoms with van der Waals surface area (Å²) in [6.45, 7) is 8.77. The maximum atomic E-state index is 4.69. The molecule has 0 spiro atoms. The molecule has 94 valence electrons. The molecule has 2 unspecified atom stereocenters. The lowest BCUT2D eigenvalue weighted by Gasteiger charge is -2.37. The minimum Gasteiger partial charge on any atom is -0.370 e. The van der Waals surface area contributed by atoms with Gasteiger partial charge in [-0.2, -0.15) is 0 Å². The smallest absolute Gasteiger partial charge is 0.131 e. The highest BCUT2D eigenvalue weighted by atomic mass is 15.2. The van der Waals surface area contributed by atoms with Crippen molar-refractivity contribution < 1.29 is 0 Å². The van der Waals surface area contributed by atoms with Gasteiger partial charge >= 0.3 is 0 Å². The van der Waals surface area contributed by atoms with E-state index in [9.17, 15) is 0 Å². The highest BCUT2D eigenvalue weighted by molar-refractivity contribution is 5.48. The molecule has 0 bridgehead atoms. The number of rotatable bonds is 3. The number of nitrogens with one attached hydrogen (secondary N) is 1. The molecule has 0 amide bonds. The molecule has 0 radical (unpaired) electrons. The normalized spacial score (nSPS) is 24.8. The average molecular weight is 233 g/mol. The van der Waals surface area contributed by atoms with E-state index in [1.165, 1.54) is 12.8 Å². The Labute approximate surface area is 104 Å². The molecule has 3 heteroatoms. The van der Waals surface area contributed by atoms with Gasteiger partial charge in [-0.25, -0.2) is 4.98 Å². The first-order valence-corrected chi connectivity index (χ1v) is 6.68. The van der Waals surface area contributed by atoms with Crippen LogP contribution in [0.5, 0.6) is 0 Å². The molecule has 2 heterocycles. The van der Waals surface area contributed by atoms with Crippen molar-refractivity contribution in [2.75, 3.05) is 23.3 Å². The highest BCUT2D eigenvalue weighted by Crippen LogP contribution is 2.26. The molecule has 1 saturated heterocycles. The zero-order chi connectivity index (χ0) is 12.3. The predicted octanol–water partition coefficient (Wildman–Crippen LogP) is 3.14. The van der Waals surface area contributed by atoms with Crippen LogP contribution in [-0.4, -0.2) is 24.1 Å². The lowest BCUT2D eigenvalue weighted by molar-refractivity contribution is 0.388. The van der Waals surface area contributed by atoms with E-state index in [4.69, 9.17) is 0 Å². The summed E-state index contributed by atoms with van der Waals surface area (Å²) in [5.74, 6) is 2.87. The first-order valence-electron chi connectivity index (χ1n) is 6.68. The van der Waals surface area contributed by atoms with Crippen LogP contribution < -0.4 is 10.2 Å². The molecule has 17 heavy (non-hydrogen) atoms. The van der Waals surface area contributed by atoms with Crippen molar-refractivity contribution in [2.45, 2.75) is 39.7 Å². The minimum absolute atomic E-state index is 0.607. The molecule has 0 aliphatic carbocycles. The van der Waals surface area contributed by atoms with Crippen molar-refractivity contribution in [3.8, 4) is 0 Å². The number of hydrogen-bond acceptors (Lipinski definition) is 3. The molecule has 1 fully saturated rings. The van der Waals surface area contributed by atoms with E-state index >= 15 is 0 Å². The maximum absolute atomic E-state index is 4.69. The van der Waals surface area contributed by atoms with E-state index in [2.05, 4.69) is 48.1 Å². The molecule has 1 aromatic heterocycles. The molecule has 0 saturated carbocycles. The second-order valence-electron chi connectivity index (χ2n) is 5.10. The summed E-state index contributed by atoms with van der Waals surface area (Å²) < 4.78 is 0. The third kappa shape index (κ3) is 2.90. The number of piperidine rings is 1. The maximum Gasteiger partial charge on any atom is 0.131 e. The van der Waals surface area contributed by atoms with Gasteiger partial charge in [-0.15, -0.1) is 0 Å². The molecule has 0 aromatic carbocycles. The van der Waals surface area contributed by atoms with Gasteiger partial charge in [0, 0.05) is 19.1 Å². The summed E-state index contributed by atoms with van der Waals surface area (Å²) in [5, 5.41) is 3.28. The number of hydrogen-bond donors (Lipinski definition) is 1. The summed E-state index contributed by atoms with van der Waals surface area (Å²) in [4.78, 5) is 7.13. The largest absolute Gasteiger partial charge is 0.370 e. The standard InChI is InChI=1S/C14H23N3/c1-4-15-13-6-5-7-14(16-13)17-10-11(2)8-9-12(17)3/h5-7,11-12H,4,8-10H2,1-3H3,(H,15,16). The topological polar surface area (TPSA) is 28.2 Å². The van der Waals surface area contributed by atoms with E-state index in [0.717, 1.165) is 30.6 Å². The van der Waals surface area contributed by atoms with Gasteiger partial charge < -0.3 is 10.2 Å². The van der Waals surface area contributed by atoms with Crippen molar-refractivity contribution in [1.29, 1.82) is 0 Å². The Kier molecular flexibility index (Phi) is 3.87. The Morgan fingerprint density at radius 2 is 2.18 bits per heavy atom. The fourth-order valence-electron chi connectivity index (χ4n) is 2.47. The average Bonchev–Trinajstić information content (AvgIpc) is 2.33. The summed E-state index contributed by atoms with van der Waals surface area (Å²) in [5.41, 5.74) is 0. The van der Waals surface area contributed by atoms with Crippen LogP contribution in [0.2, 0.25) is 0 Å². The molecule has 2 rings (SSSR count). The van der Waals surface area contributed by atoms with Crippen LogP contribution >= 0.6 is 0 Å². The highest BCUT2D eigenvalue weighted by Gasteiger charge is 2.23. The first-order chi connectivity index (χ1) is 8.20. The van der Waals surface area contributed by atoms with E-state index in [1.807, 2.05) is 6.07 Å². The van der Waals surface area contributed by atoms with Crippen molar-refractivity contribution in [3.63, 3.8) is 0 Å². The summed E-state index contributed by atoms with van der Waals surface area (Å²) in [6.07, 6.45) is 2.61. The van der Waals surface area contributed by atoms with Gasteiger partial charge in [-0.3, -0.25) is 0 Å². The van der Waals surface area contributed by atoms with E-state index in [1.54, 1.807) is 0 Å². The lowest BCUT2D eigenvalue weighted by atomic mass is 9.95. The van der Waals surface area contributed by atoms with Crippen LogP contribution in [0, 0.1) is 5.92 Å². The van der Waals surface area contributed by atoms with Crippen molar-refractivity contribution in [3.05, 3.63) is 18.2 Å². The van der Waals surface area contributed by atoms with Gasteiger partial charge in [0.1, 0.15) is 11.6 Å². The fourth-order valence-corrected chi connectivity index (χ4v) is 2.47. The van der Waals surface area contributed by atoms with Crippen LogP contribution in [-0.2, 0) is 0 Å². The molecule has 3 nitrogen and oxygen atoms in total. The second kappa shape index (κ2) is 5.39. The van der Waals surface area contributed by atoms with Crippen LogP contribution in [0.3, 0.4) is 0 Å². The van der Waals surface area contributed by atoms with Gasteiger partial charge in [0.25, 0.3) is 0 Å². The Morgan fingerprint density at radius 3 is 2.94 bits per heavy atom. The number of nitrogens with zero attached hydrogens (tertiary/aromatic N) is 2. The Hall–Kier alpha value is -1.25. The molecular formula is C14H23N3. The van der Waals surface area contributed by atoms with Gasteiger partial charge in [-0.1, -0.05) is 13.0 Å². The molecule has 2 atom stereocenters.